The second-order valence-corrected chi connectivity index (χ2v) is 2.05. The van der Waals surface area contributed by atoms with Crippen LogP contribution in [0, 0.1) is 0 Å². The molecular weight excluding hydrogens is 134 g/mol. The average Bonchev–Trinajstić information content (AvgIpc) is 1.90. The summed E-state index contributed by atoms with van der Waals surface area (Å²) in [6, 6.07) is 0. The molecule has 0 spiro atoms. The summed E-state index contributed by atoms with van der Waals surface area (Å²) < 4.78 is 0. The van der Waals surface area contributed by atoms with Gasteiger partial charge in [0, 0.05) is 19.0 Å². The van der Waals surface area contributed by atoms with Gasteiger partial charge in [0.2, 0.25) is 0 Å². The first kappa shape index (κ1) is 6.22. The van der Waals surface area contributed by atoms with Gasteiger partial charge in [0.05, 0.1) is 0 Å². The molecule has 1 heterocycles. The van der Waals surface area contributed by atoms with E-state index in [4.69, 9.17) is 5.73 Å². The minimum absolute atomic E-state index is 0.332. The van der Waals surface area contributed by atoms with Crippen LogP contribution >= 0.6 is 12.2 Å². The summed E-state index contributed by atoms with van der Waals surface area (Å²) in [5.41, 5.74) is 5.93. The summed E-state index contributed by atoms with van der Waals surface area (Å²) >= 11 is 4.67. The lowest BCUT2D eigenvalue weighted by atomic mass is 10.4. The molecule has 3 N–H and O–H groups in total. The maximum absolute atomic E-state index is 5.28. The molecule has 1 rings (SSSR count). The third kappa shape index (κ3) is 1.50. The van der Waals surface area contributed by atoms with Crippen LogP contribution in [0.15, 0.2) is 16.9 Å². The highest BCUT2D eigenvalue weighted by atomic mass is 32.1. The summed E-state index contributed by atoms with van der Waals surface area (Å²) in [7, 11) is 0. The Bertz CT molecular complexity index is 183. The molecule has 0 amide bonds. The number of nitrogens with zero attached hydrogens (tertiary/aromatic N) is 1. The molecule has 1 aliphatic heterocycles. The van der Waals surface area contributed by atoms with E-state index in [2.05, 4.69) is 22.5 Å². The van der Waals surface area contributed by atoms with E-state index < -0.39 is 0 Å². The van der Waals surface area contributed by atoms with E-state index in [0.29, 0.717) is 10.7 Å². The van der Waals surface area contributed by atoms with E-state index in [1.807, 2.05) is 0 Å². The van der Waals surface area contributed by atoms with Crippen LogP contribution in [0.5, 0.6) is 0 Å². The molecule has 48 valence electrons. The van der Waals surface area contributed by atoms with Crippen molar-refractivity contribution in [3.63, 3.8) is 0 Å². The van der Waals surface area contributed by atoms with Crippen LogP contribution in [0.25, 0.3) is 0 Å². The fourth-order valence-electron chi connectivity index (χ4n) is 0.524. The summed E-state index contributed by atoms with van der Waals surface area (Å²) in [4.78, 5) is 4.27. The van der Waals surface area contributed by atoms with Gasteiger partial charge < -0.3 is 11.1 Å². The Morgan fingerprint density at radius 2 is 2.67 bits per heavy atom. The first-order valence-corrected chi connectivity index (χ1v) is 2.97. The maximum Gasteiger partial charge on any atom is 0.124 e. The number of aliphatic imine (C=N–C) groups is 1. The molecular formula is C5H7N3S. The van der Waals surface area contributed by atoms with Gasteiger partial charge in [-0.15, -0.1) is 0 Å². The molecule has 0 bridgehead atoms. The Balaban J connectivity index is 2.69. The van der Waals surface area contributed by atoms with Crippen LogP contribution in [0.1, 0.15) is 0 Å². The van der Waals surface area contributed by atoms with Crippen molar-refractivity contribution < 1.29 is 0 Å². The Morgan fingerprint density at radius 1 is 1.89 bits per heavy atom. The number of nitrogens with one attached hydrogen (secondary N) is 1. The van der Waals surface area contributed by atoms with Crippen LogP contribution in [0.2, 0.25) is 0 Å². The highest BCUT2D eigenvalue weighted by Crippen LogP contribution is 1.96. The molecule has 0 atom stereocenters. The van der Waals surface area contributed by atoms with Crippen molar-refractivity contribution in [3.05, 3.63) is 11.9 Å². The van der Waals surface area contributed by atoms with E-state index in [1.165, 1.54) is 0 Å². The number of thiocarbonyl (C=S) groups is 1. The SMILES string of the molecule is NC(=S)C1=CNCC=N1. The molecule has 9 heavy (non-hydrogen) atoms. The molecule has 0 radical (unpaired) electrons. The quantitative estimate of drug-likeness (QED) is 0.497. The monoisotopic (exact) mass is 141 g/mol. The van der Waals surface area contributed by atoms with E-state index in [1.54, 1.807) is 12.4 Å². The maximum atomic E-state index is 5.28. The van der Waals surface area contributed by atoms with Crippen LogP contribution in [-0.4, -0.2) is 17.7 Å². The van der Waals surface area contributed by atoms with E-state index in [0.717, 1.165) is 6.54 Å². The van der Waals surface area contributed by atoms with Crippen LogP contribution < -0.4 is 11.1 Å². The number of hydrogen-bond donors (Lipinski definition) is 2. The van der Waals surface area contributed by atoms with Crippen molar-refractivity contribution in [1.82, 2.24) is 5.32 Å². The van der Waals surface area contributed by atoms with Crippen molar-refractivity contribution in [1.29, 1.82) is 0 Å². The predicted molar refractivity (Wildman–Crippen MR) is 41.4 cm³/mol. The summed E-state index contributed by atoms with van der Waals surface area (Å²) in [5.74, 6) is 0. The standard InChI is InChI=1S/C5H7N3S/c6-5(9)4-3-7-1-2-8-4/h2-3,7H,1H2,(H2,6,9). The first-order chi connectivity index (χ1) is 4.30. The van der Waals surface area contributed by atoms with Crippen LogP contribution in [0.4, 0.5) is 0 Å². The summed E-state index contributed by atoms with van der Waals surface area (Å²) in [6.45, 7) is 0.756. The highest BCUT2D eigenvalue weighted by Gasteiger charge is 1.98. The third-order valence-electron chi connectivity index (χ3n) is 0.931. The van der Waals surface area contributed by atoms with Crippen molar-refractivity contribution >= 4 is 23.4 Å². The molecule has 0 aliphatic carbocycles. The zero-order valence-corrected chi connectivity index (χ0v) is 5.61. The van der Waals surface area contributed by atoms with Crippen LogP contribution in [0.3, 0.4) is 0 Å². The smallest absolute Gasteiger partial charge is 0.124 e. The van der Waals surface area contributed by atoms with E-state index >= 15 is 0 Å². The molecule has 0 aromatic rings. The van der Waals surface area contributed by atoms with Crippen LogP contribution in [-0.2, 0) is 0 Å². The van der Waals surface area contributed by atoms with Gasteiger partial charge in [-0.1, -0.05) is 12.2 Å². The van der Waals surface area contributed by atoms with E-state index in [9.17, 15) is 0 Å². The lowest BCUT2D eigenvalue weighted by Crippen LogP contribution is -2.19. The lowest BCUT2D eigenvalue weighted by molar-refractivity contribution is 0.993. The molecule has 0 unspecified atom stereocenters. The highest BCUT2D eigenvalue weighted by molar-refractivity contribution is 7.80. The zero-order chi connectivity index (χ0) is 6.69. The second kappa shape index (κ2) is 2.59. The Kier molecular flexibility index (Phi) is 1.79. The largest absolute Gasteiger partial charge is 0.388 e. The van der Waals surface area contributed by atoms with Crippen molar-refractivity contribution in [2.24, 2.45) is 10.7 Å². The van der Waals surface area contributed by atoms with Gasteiger partial charge in [0.1, 0.15) is 10.7 Å². The van der Waals surface area contributed by atoms with Gasteiger partial charge in [0.15, 0.2) is 0 Å². The number of hydrogen-bond acceptors (Lipinski definition) is 3. The summed E-state index contributed by atoms with van der Waals surface area (Å²) in [5, 5.41) is 2.94. The minimum Gasteiger partial charge on any atom is -0.388 e. The average molecular weight is 141 g/mol. The normalized spacial score (nSPS) is 16.2. The fourth-order valence-corrected chi connectivity index (χ4v) is 0.636. The Hall–Kier alpha value is -0.900. The lowest BCUT2D eigenvalue weighted by Gasteiger charge is -2.04. The molecule has 4 heteroatoms. The molecule has 3 nitrogen and oxygen atoms in total. The molecule has 0 aromatic carbocycles. The van der Waals surface area contributed by atoms with Gasteiger partial charge >= 0.3 is 0 Å². The second-order valence-electron chi connectivity index (χ2n) is 1.61. The van der Waals surface area contributed by atoms with Gasteiger partial charge in [-0.25, -0.2) is 0 Å². The summed E-state index contributed by atoms with van der Waals surface area (Å²) in [6.07, 6.45) is 3.44. The van der Waals surface area contributed by atoms with Crippen molar-refractivity contribution in [2.45, 2.75) is 0 Å². The minimum atomic E-state index is 0.332. The zero-order valence-electron chi connectivity index (χ0n) is 4.79. The predicted octanol–water partition coefficient (Wildman–Crippen LogP) is -0.212. The first-order valence-electron chi connectivity index (χ1n) is 2.56. The third-order valence-corrected chi connectivity index (χ3v) is 1.14. The molecule has 0 saturated heterocycles. The molecule has 0 aromatic heterocycles. The van der Waals surface area contributed by atoms with Gasteiger partial charge in [-0.05, 0) is 0 Å². The fraction of sp³-hybridized carbons (Fsp3) is 0.200. The number of rotatable bonds is 1. The van der Waals surface area contributed by atoms with Gasteiger partial charge in [-0.2, -0.15) is 0 Å². The molecule has 0 fully saturated rings. The van der Waals surface area contributed by atoms with Gasteiger partial charge in [0.25, 0.3) is 0 Å². The molecule has 1 aliphatic rings. The van der Waals surface area contributed by atoms with Crippen molar-refractivity contribution in [3.8, 4) is 0 Å². The van der Waals surface area contributed by atoms with E-state index in [-0.39, 0.29) is 0 Å². The topological polar surface area (TPSA) is 50.4 Å². The van der Waals surface area contributed by atoms with Gasteiger partial charge in [-0.3, -0.25) is 4.99 Å². The Morgan fingerprint density at radius 3 is 3.00 bits per heavy atom. The Labute approximate surface area is 58.6 Å². The number of nitrogens with two attached hydrogens (primary N) is 1. The van der Waals surface area contributed by atoms with Crippen molar-refractivity contribution in [2.75, 3.05) is 6.54 Å². The molecule has 0 saturated carbocycles.